The lowest BCUT2D eigenvalue weighted by Crippen LogP contribution is -2.40. The molecule has 0 amide bonds. The molecule has 0 radical (unpaired) electrons. The molecule has 0 saturated heterocycles. The van der Waals surface area contributed by atoms with Gasteiger partial charge in [0, 0.05) is 18.2 Å². The van der Waals surface area contributed by atoms with Crippen LogP contribution in [0.1, 0.15) is 46.5 Å². The van der Waals surface area contributed by atoms with Gasteiger partial charge < -0.3 is 10.3 Å². The van der Waals surface area contributed by atoms with E-state index in [-0.39, 0.29) is 6.04 Å². The first kappa shape index (κ1) is 18.9. The molecular formula is C19H28N4. The second-order valence-electron chi connectivity index (χ2n) is 5.92. The molecular weight excluding hydrogens is 284 g/mol. The first-order valence-corrected chi connectivity index (χ1v) is 8.18. The molecule has 0 aliphatic heterocycles. The molecule has 0 aromatic rings. The summed E-state index contributed by atoms with van der Waals surface area (Å²) in [6.07, 6.45) is 15.4. The summed E-state index contributed by atoms with van der Waals surface area (Å²) in [5.74, 6) is 1.21. The van der Waals surface area contributed by atoms with E-state index in [0.29, 0.717) is 17.6 Å². The maximum atomic E-state index is 7.95. The summed E-state index contributed by atoms with van der Waals surface area (Å²) in [5.41, 5.74) is 3.73. The summed E-state index contributed by atoms with van der Waals surface area (Å²) in [7, 11) is 0. The van der Waals surface area contributed by atoms with E-state index < -0.39 is 0 Å². The third-order valence-electron chi connectivity index (χ3n) is 3.95. The minimum absolute atomic E-state index is 0.166. The van der Waals surface area contributed by atoms with Gasteiger partial charge in [0.05, 0.1) is 11.7 Å². The van der Waals surface area contributed by atoms with Gasteiger partial charge >= 0.3 is 0 Å². The summed E-state index contributed by atoms with van der Waals surface area (Å²) in [5, 5.41) is 23.3. The normalized spacial score (nSPS) is 21.6. The average Bonchev–Trinajstić information content (AvgIpc) is 2.71. The van der Waals surface area contributed by atoms with Crippen LogP contribution in [0, 0.1) is 22.1 Å². The Kier molecular flexibility index (Phi) is 8.00. The highest BCUT2D eigenvalue weighted by Crippen LogP contribution is 2.30. The lowest BCUT2D eigenvalue weighted by molar-refractivity contribution is 0.407. The first-order chi connectivity index (χ1) is 11.0. The van der Waals surface area contributed by atoms with Gasteiger partial charge in [-0.15, -0.1) is 5.73 Å². The molecule has 0 heterocycles. The molecule has 2 unspecified atom stereocenters. The van der Waals surface area contributed by atoms with E-state index in [1.165, 1.54) is 0 Å². The Labute approximate surface area is 139 Å². The van der Waals surface area contributed by atoms with Gasteiger partial charge in [-0.2, -0.15) is 0 Å². The van der Waals surface area contributed by atoms with Crippen LogP contribution in [-0.2, 0) is 0 Å². The fourth-order valence-electron chi connectivity index (χ4n) is 3.02. The van der Waals surface area contributed by atoms with Crippen molar-refractivity contribution in [2.45, 2.75) is 52.5 Å². The summed E-state index contributed by atoms with van der Waals surface area (Å²) >= 11 is 0. The monoisotopic (exact) mass is 312 g/mol. The molecule has 3 N–H and O–H groups in total. The molecule has 1 fully saturated rings. The van der Waals surface area contributed by atoms with Gasteiger partial charge in [0.15, 0.2) is 0 Å². The van der Waals surface area contributed by atoms with Gasteiger partial charge in [0.2, 0.25) is 0 Å². The molecule has 0 spiro atoms. The van der Waals surface area contributed by atoms with Gasteiger partial charge in [0.1, 0.15) is 0 Å². The van der Waals surface area contributed by atoms with Crippen molar-refractivity contribution in [3.63, 3.8) is 0 Å². The molecule has 2 aliphatic carbocycles. The van der Waals surface area contributed by atoms with E-state index in [4.69, 9.17) is 16.2 Å². The smallest absolute Gasteiger partial charge is 0.0982 e. The second-order valence-corrected chi connectivity index (χ2v) is 5.92. The molecule has 23 heavy (non-hydrogen) atoms. The van der Waals surface area contributed by atoms with E-state index in [9.17, 15) is 0 Å². The highest BCUT2D eigenvalue weighted by Gasteiger charge is 2.33. The number of nitrogens with zero attached hydrogens (tertiary/aromatic N) is 1. The number of rotatable bonds is 3. The Hall–Kier alpha value is -2.19. The molecule has 2 rings (SSSR count). The van der Waals surface area contributed by atoms with Crippen LogP contribution in [0.25, 0.3) is 0 Å². The van der Waals surface area contributed by atoms with E-state index >= 15 is 0 Å². The molecule has 1 saturated carbocycles. The molecule has 2 aliphatic rings. The number of hydrogen-bond acceptors (Lipinski definition) is 3. The molecule has 124 valence electrons. The highest BCUT2D eigenvalue weighted by molar-refractivity contribution is 5.97. The Morgan fingerprint density at radius 1 is 1.13 bits per heavy atom. The summed E-state index contributed by atoms with van der Waals surface area (Å²) in [6, 6.07) is 0.166. The van der Waals surface area contributed by atoms with Crippen LogP contribution >= 0.6 is 0 Å². The quantitative estimate of drug-likeness (QED) is 0.394. The van der Waals surface area contributed by atoms with Gasteiger partial charge in [-0.3, -0.25) is 10.8 Å². The van der Waals surface area contributed by atoms with Crippen molar-refractivity contribution in [1.82, 2.24) is 4.90 Å². The van der Waals surface area contributed by atoms with E-state index in [0.717, 1.165) is 31.4 Å². The van der Waals surface area contributed by atoms with Crippen LogP contribution in [0.15, 0.2) is 42.2 Å². The standard InChI is InChI=1S/C12H22N4.C7H6/c1-4-5-10-6-11(7-12(10)15)16(8(2)13)9(3)14;1-2-4-6-7-5-3-1/h10-11,13-15H,4-7H2,1-3H3;1-6H. The number of hydrogen-bond donors (Lipinski definition) is 3. The third-order valence-corrected chi connectivity index (χ3v) is 3.95. The Morgan fingerprint density at radius 2 is 1.70 bits per heavy atom. The summed E-state index contributed by atoms with van der Waals surface area (Å²) < 4.78 is 0. The predicted molar refractivity (Wildman–Crippen MR) is 98.7 cm³/mol. The fourth-order valence-corrected chi connectivity index (χ4v) is 3.02. The predicted octanol–water partition coefficient (Wildman–Crippen LogP) is 4.70. The van der Waals surface area contributed by atoms with Crippen molar-refractivity contribution in [3.05, 3.63) is 42.2 Å². The summed E-state index contributed by atoms with van der Waals surface area (Å²) in [6.45, 7) is 5.58. The topological polar surface area (TPSA) is 74.8 Å². The van der Waals surface area contributed by atoms with Crippen molar-refractivity contribution in [3.8, 4) is 0 Å². The van der Waals surface area contributed by atoms with Crippen molar-refractivity contribution in [2.24, 2.45) is 5.92 Å². The van der Waals surface area contributed by atoms with E-state index in [1.54, 1.807) is 18.7 Å². The molecule has 0 bridgehead atoms. The molecule has 2 atom stereocenters. The minimum Gasteiger partial charge on any atom is -0.316 e. The minimum atomic E-state index is 0.166. The lowest BCUT2D eigenvalue weighted by Gasteiger charge is -2.28. The Balaban J connectivity index is 0.000000313. The Morgan fingerprint density at radius 3 is 2.17 bits per heavy atom. The highest BCUT2D eigenvalue weighted by atomic mass is 15.2. The van der Waals surface area contributed by atoms with Gasteiger partial charge in [0.25, 0.3) is 0 Å². The van der Waals surface area contributed by atoms with Crippen molar-refractivity contribution >= 4 is 17.4 Å². The third kappa shape index (κ3) is 6.21. The van der Waals surface area contributed by atoms with Crippen LogP contribution < -0.4 is 0 Å². The van der Waals surface area contributed by atoms with Crippen LogP contribution in [0.2, 0.25) is 0 Å². The van der Waals surface area contributed by atoms with Crippen molar-refractivity contribution in [1.29, 1.82) is 16.2 Å². The van der Waals surface area contributed by atoms with Gasteiger partial charge in [-0.05, 0) is 44.8 Å². The molecule has 0 aromatic carbocycles. The molecule has 0 aromatic heterocycles. The van der Waals surface area contributed by atoms with Crippen LogP contribution in [-0.4, -0.2) is 28.3 Å². The second kappa shape index (κ2) is 9.75. The average molecular weight is 312 g/mol. The van der Waals surface area contributed by atoms with Crippen molar-refractivity contribution < 1.29 is 0 Å². The zero-order valence-corrected chi connectivity index (χ0v) is 14.4. The fraction of sp³-hybridized carbons (Fsp3) is 0.474. The summed E-state index contributed by atoms with van der Waals surface area (Å²) in [4.78, 5) is 1.75. The van der Waals surface area contributed by atoms with Gasteiger partial charge in [-0.1, -0.05) is 37.6 Å². The zero-order chi connectivity index (χ0) is 17.2. The number of allylic oxidation sites excluding steroid dienone is 5. The van der Waals surface area contributed by atoms with Gasteiger partial charge in [-0.25, -0.2) is 0 Å². The van der Waals surface area contributed by atoms with Crippen molar-refractivity contribution in [2.75, 3.05) is 0 Å². The lowest BCUT2D eigenvalue weighted by atomic mass is 10.0. The maximum Gasteiger partial charge on any atom is 0.0982 e. The number of amidine groups is 2. The van der Waals surface area contributed by atoms with Crippen LogP contribution in [0.5, 0.6) is 0 Å². The van der Waals surface area contributed by atoms with Crippen LogP contribution in [0.4, 0.5) is 0 Å². The molecule has 4 heteroatoms. The molecule has 4 nitrogen and oxygen atoms in total. The largest absolute Gasteiger partial charge is 0.316 e. The zero-order valence-electron chi connectivity index (χ0n) is 14.4. The van der Waals surface area contributed by atoms with Crippen LogP contribution in [0.3, 0.4) is 0 Å². The first-order valence-electron chi connectivity index (χ1n) is 8.18. The van der Waals surface area contributed by atoms with E-state index in [1.807, 2.05) is 36.5 Å². The Bertz CT molecular complexity index is 532. The number of nitrogens with one attached hydrogen (secondary N) is 3. The van der Waals surface area contributed by atoms with E-state index in [2.05, 4.69) is 12.7 Å². The SMILES string of the molecule is C1=CC=CC=CC=1.CCCC1CC(N(C(C)=N)C(C)=N)CC1=N. The maximum absolute atomic E-state index is 7.95.